The summed E-state index contributed by atoms with van der Waals surface area (Å²) in [4.78, 5) is 12.6. The molecule has 142 valence electrons. The molecule has 0 saturated carbocycles. The number of carbonyl (C=O) groups is 1. The lowest BCUT2D eigenvalue weighted by atomic mass is 10.1. The third-order valence-corrected chi connectivity index (χ3v) is 4.53. The van der Waals surface area contributed by atoms with Crippen LogP contribution in [0.1, 0.15) is 5.89 Å². The van der Waals surface area contributed by atoms with E-state index < -0.39 is 0 Å². The third kappa shape index (κ3) is 3.57. The summed E-state index contributed by atoms with van der Waals surface area (Å²) >= 11 is 6.02. The number of hydrogen-bond donors (Lipinski definition) is 1. The molecular weight excluding hydrogens is 380 g/mol. The molecule has 4 aromatic rings. The standard InChI is InChI=1S/C20H17ClN4O3/c1-12-23-24-20(28-12)14-4-3-13-7-8-25(17(13)9-14)11-19(26)22-16-10-15(21)5-6-18(16)27-2/h3-10H,11H2,1-2H3,(H,22,26). The number of nitrogens with one attached hydrogen (secondary N) is 1. The summed E-state index contributed by atoms with van der Waals surface area (Å²) in [6.45, 7) is 1.87. The highest BCUT2D eigenvalue weighted by molar-refractivity contribution is 6.31. The normalized spacial score (nSPS) is 11.0. The molecule has 0 fully saturated rings. The largest absolute Gasteiger partial charge is 0.495 e. The van der Waals surface area contributed by atoms with Gasteiger partial charge in [-0.2, -0.15) is 0 Å². The van der Waals surface area contributed by atoms with Gasteiger partial charge in [0, 0.05) is 29.2 Å². The predicted molar refractivity (Wildman–Crippen MR) is 107 cm³/mol. The molecule has 2 heterocycles. The van der Waals surface area contributed by atoms with Crippen LogP contribution in [0, 0.1) is 6.92 Å². The zero-order valence-corrected chi connectivity index (χ0v) is 16.0. The molecule has 28 heavy (non-hydrogen) atoms. The minimum atomic E-state index is -0.197. The molecule has 0 saturated heterocycles. The maximum atomic E-state index is 12.6. The second-order valence-corrected chi connectivity index (χ2v) is 6.67. The number of carbonyl (C=O) groups excluding carboxylic acids is 1. The lowest BCUT2D eigenvalue weighted by Crippen LogP contribution is -2.18. The van der Waals surface area contributed by atoms with Crippen molar-refractivity contribution in [2.75, 3.05) is 12.4 Å². The van der Waals surface area contributed by atoms with Crippen LogP contribution in [0.4, 0.5) is 5.69 Å². The first kappa shape index (κ1) is 18.1. The van der Waals surface area contributed by atoms with Gasteiger partial charge in [-0.05, 0) is 41.8 Å². The minimum absolute atomic E-state index is 0.130. The average molecular weight is 397 g/mol. The first-order chi connectivity index (χ1) is 13.5. The molecule has 1 amide bonds. The molecule has 0 bridgehead atoms. The zero-order chi connectivity index (χ0) is 19.7. The van der Waals surface area contributed by atoms with Crippen molar-refractivity contribution in [2.45, 2.75) is 13.5 Å². The van der Waals surface area contributed by atoms with Crippen LogP contribution in [0.2, 0.25) is 5.02 Å². The second kappa shape index (κ2) is 7.36. The smallest absolute Gasteiger partial charge is 0.247 e. The van der Waals surface area contributed by atoms with Gasteiger partial charge in [0.05, 0.1) is 12.8 Å². The minimum Gasteiger partial charge on any atom is -0.495 e. The monoisotopic (exact) mass is 396 g/mol. The Balaban J connectivity index is 1.59. The number of rotatable bonds is 5. The molecule has 2 aromatic carbocycles. The molecule has 0 radical (unpaired) electrons. The number of hydrogen-bond acceptors (Lipinski definition) is 5. The van der Waals surface area contributed by atoms with E-state index in [2.05, 4.69) is 15.5 Å². The van der Waals surface area contributed by atoms with Gasteiger partial charge in [0.1, 0.15) is 12.3 Å². The number of aromatic nitrogens is 3. The first-order valence-electron chi connectivity index (χ1n) is 8.56. The lowest BCUT2D eigenvalue weighted by molar-refractivity contribution is -0.116. The molecule has 2 aromatic heterocycles. The predicted octanol–water partition coefficient (Wildman–Crippen LogP) is 4.30. The SMILES string of the molecule is COc1ccc(Cl)cc1NC(=O)Cn1ccc2ccc(-c3nnc(C)o3)cc21. The zero-order valence-electron chi connectivity index (χ0n) is 15.3. The Morgan fingerprint density at radius 2 is 2.07 bits per heavy atom. The van der Waals surface area contributed by atoms with Crippen LogP contribution in [-0.4, -0.2) is 27.8 Å². The fourth-order valence-electron chi connectivity index (χ4n) is 2.99. The van der Waals surface area contributed by atoms with Gasteiger partial charge in [0.25, 0.3) is 0 Å². The molecule has 0 aliphatic heterocycles. The molecule has 0 atom stereocenters. The van der Waals surface area contributed by atoms with Gasteiger partial charge >= 0.3 is 0 Å². The van der Waals surface area contributed by atoms with Crippen LogP contribution in [-0.2, 0) is 11.3 Å². The van der Waals surface area contributed by atoms with Crippen molar-refractivity contribution in [3.05, 3.63) is 59.6 Å². The van der Waals surface area contributed by atoms with Crippen molar-refractivity contribution in [3.8, 4) is 17.2 Å². The highest BCUT2D eigenvalue weighted by Gasteiger charge is 2.12. The van der Waals surface area contributed by atoms with Gasteiger partial charge < -0.3 is 19.0 Å². The van der Waals surface area contributed by atoms with Crippen molar-refractivity contribution in [1.29, 1.82) is 0 Å². The van der Waals surface area contributed by atoms with E-state index in [0.717, 1.165) is 16.5 Å². The Morgan fingerprint density at radius 1 is 1.21 bits per heavy atom. The number of amides is 1. The quantitative estimate of drug-likeness (QED) is 0.543. The van der Waals surface area contributed by atoms with Crippen molar-refractivity contribution in [2.24, 2.45) is 0 Å². The Bertz CT molecular complexity index is 1170. The van der Waals surface area contributed by atoms with Crippen LogP contribution < -0.4 is 10.1 Å². The molecule has 7 nitrogen and oxygen atoms in total. The highest BCUT2D eigenvalue weighted by atomic mass is 35.5. The van der Waals surface area contributed by atoms with Gasteiger partial charge in [0.2, 0.25) is 17.7 Å². The Morgan fingerprint density at radius 3 is 2.82 bits per heavy atom. The molecule has 1 N–H and O–H groups in total. The van der Waals surface area contributed by atoms with E-state index in [4.69, 9.17) is 20.8 Å². The maximum absolute atomic E-state index is 12.6. The summed E-state index contributed by atoms with van der Waals surface area (Å²) in [5.74, 6) is 1.29. The van der Waals surface area contributed by atoms with Crippen LogP contribution in [0.5, 0.6) is 5.75 Å². The van der Waals surface area contributed by atoms with Crippen LogP contribution in [0.25, 0.3) is 22.4 Å². The lowest BCUT2D eigenvalue weighted by Gasteiger charge is -2.11. The van der Waals surface area contributed by atoms with E-state index in [1.54, 1.807) is 32.2 Å². The van der Waals surface area contributed by atoms with E-state index in [1.807, 2.05) is 35.0 Å². The number of halogens is 1. The molecule has 0 aliphatic rings. The third-order valence-electron chi connectivity index (χ3n) is 4.30. The van der Waals surface area contributed by atoms with Gasteiger partial charge in [-0.1, -0.05) is 17.7 Å². The van der Waals surface area contributed by atoms with Gasteiger partial charge in [0.15, 0.2) is 0 Å². The van der Waals surface area contributed by atoms with Crippen molar-refractivity contribution in [1.82, 2.24) is 14.8 Å². The van der Waals surface area contributed by atoms with Crippen molar-refractivity contribution >= 4 is 34.1 Å². The summed E-state index contributed by atoms with van der Waals surface area (Å²) in [6, 6.07) is 12.8. The molecule has 4 rings (SSSR count). The number of fused-ring (bicyclic) bond motifs is 1. The van der Waals surface area contributed by atoms with Crippen LogP contribution >= 0.6 is 11.6 Å². The van der Waals surface area contributed by atoms with Crippen molar-refractivity contribution in [3.63, 3.8) is 0 Å². The maximum Gasteiger partial charge on any atom is 0.247 e. The summed E-state index contributed by atoms with van der Waals surface area (Å²) in [6.07, 6.45) is 1.86. The molecule has 0 aliphatic carbocycles. The fourth-order valence-corrected chi connectivity index (χ4v) is 3.16. The van der Waals surface area contributed by atoms with E-state index >= 15 is 0 Å². The number of anilines is 1. The molecule has 0 spiro atoms. The molecule has 0 unspecified atom stereocenters. The van der Waals surface area contributed by atoms with Crippen molar-refractivity contribution < 1.29 is 13.9 Å². The number of aryl methyl sites for hydroxylation is 1. The van der Waals surface area contributed by atoms with E-state index in [-0.39, 0.29) is 12.5 Å². The Kier molecular flexibility index (Phi) is 4.75. The highest BCUT2D eigenvalue weighted by Crippen LogP contribution is 2.28. The first-order valence-corrected chi connectivity index (χ1v) is 8.94. The number of benzene rings is 2. The fraction of sp³-hybridized carbons (Fsp3) is 0.150. The Hall–Kier alpha value is -3.32. The number of nitrogens with zero attached hydrogens (tertiary/aromatic N) is 3. The van der Waals surface area contributed by atoms with E-state index in [9.17, 15) is 4.79 Å². The summed E-state index contributed by atoms with van der Waals surface area (Å²) in [5, 5.41) is 12.3. The average Bonchev–Trinajstić information content (AvgIpc) is 3.28. The van der Waals surface area contributed by atoms with E-state index in [0.29, 0.717) is 28.2 Å². The van der Waals surface area contributed by atoms with Gasteiger partial charge in [-0.25, -0.2) is 0 Å². The second-order valence-electron chi connectivity index (χ2n) is 6.24. The van der Waals surface area contributed by atoms with Gasteiger partial charge in [-0.15, -0.1) is 10.2 Å². The Labute approximate surface area is 165 Å². The van der Waals surface area contributed by atoms with Crippen LogP contribution in [0.3, 0.4) is 0 Å². The summed E-state index contributed by atoms with van der Waals surface area (Å²) < 4.78 is 12.6. The molecule has 8 heteroatoms. The summed E-state index contributed by atoms with van der Waals surface area (Å²) in [5.41, 5.74) is 2.21. The van der Waals surface area contributed by atoms with E-state index in [1.165, 1.54) is 0 Å². The molecular formula is C20H17ClN4O3. The topological polar surface area (TPSA) is 82.2 Å². The van der Waals surface area contributed by atoms with Gasteiger partial charge in [-0.3, -0.25) is 4.79 Å². The number of ether oxygens (including phenoxy) is 1. The van der Waals surface area contributed by atoms with Crippen LogP contribution in [0.15, 0.2) is 53.1 Å². The summed E-state index contributed by atoms with van der Waals surface area (Å²) in [7, 11) is 1.54. The number of methoxy groups -OCH3 is 1.